The van der Waals surface area contributed by atoms with Crippen LogP contribution in [0.2, 0.25) is 0 Å². The second kappa shape index (κ2) is 5.23. The van der Waals surface area contributed by atoms with Crippen molar-refractivity contribution in [2.75, 3.05) is 11.1 Å². The van der Waals surface area contributed by atoms with Crippen LogP contribution in [0.1, 0.15) is 20.9 Å². The van der Waals surface area contributed by atoms with Gasteiger partial charge in [-0.1, -0.05) is 0 Å². The first-order valence-corrected chi connectivity index (χ1v) is 7.16. The molecule has 3 N–H and O–H groups in total. The number of aromatic nitrogens is 1. The Kier molecular flexibility index (Phi) is 3.86. The molecular weight excluding hydrogens is 361 g/mol. The van der Waals surface area contributed by atoms with Crippen LogP contribution < -0.4 is 11.1 Å². The summed E-state index contributed by atoms with van der Waals surface area (Å²) >= 11 is 3.60. The van der Waals surface area contributed by atoms with Crippen LogP contribution in [0.4, 0.5) is 10.8 Å². The standard InChI is InChI=1S/C12H12IN3OS/c1-6-7(2)18-12(15-6)16-11(17)8-3-9(13)5-10(14)4-8/h3-5H,14H2,1-2H3,(H,15,16,17). The molecule has 0 aliphatic rings. The number of nitrogens with zero attached hydrogens (tertiary/aromatic N) is 1. The zero-order valence-corrected chi connectivity index (χ0v) is 12.9. The molecule has 1 aromatic carbocycles. The van der Waals surface area contributed by atoms with Crippen LogP contribution in [0.3, 0.4) is 0 Å². The molecule has 0 fully saturated rings. The predicted octanol–water partition coefficient (Wildman–Crippen LogP) is 3.20. The molecule has 0 spiro atoms. The number of hydrogen-bond acceptors (Lipinski definition) is 4. The van der Waals surface area contributed by atoms with Gasteiger partial charge in [0.05, 0.1) is 5.69 Å². The lowest BCUT2D eigenvalue weighted by atomic mass is 10.2. The maximum Gasteiger partial charge on any atom is 0.257 e. The highest BCUT2D eigenvalue weighted by Crippen LogP contribution is 2.22. The maximum absolute atomic E-state index is 12.0. The lowest BCUT2D eigenvalue weighted by molar-refractivity contribution is 0.102. The van der Waals surface area contributed by atoms with E-state index >= 15 is 0 Å². The van der Waals surface area contributed by atoms with Crippen LogP contribution in [0, 0.1) is 17.4 Å². The summed E-state index contributed by atoms with van der Waals surface area (Å²) in [4.78, 5) is 17.4. The van der Waals surface area contributed by atoms with Gasteiger partial charge in [-0.2, -0.15) is 0 Å². The molecule has 18 heavy (non-hydrogen) atoms. The Balaban J connectivity index is 2.21. The first kappa shape index (κ1) is 13.3. The average Bonchev–Trinajstić information content (AvgIpc) is 2.56. The van der Waals surface area contributed by atoms with E-state index in [1.807, 2.05) is 19.9 Å². The van der Waals surface area contributed by atoms with E-state index in [2.05, 4.69) is 32.9 Å². The number of carbonyl (C=O) groups is 1. The highest BCUT2D eigenvalue weighted by molar-refractivity contribution is 14.1. The summed E-state index contributed by atoms with van der Waals surface area (Å²) < 4.78 is 0.934. The number of thiazole rings is 1. The van der Waals surface area contributed by atoms with Gasteiger partial charge in [-0.15, -0.1) is 11.3 Å². The van der Waals surface area contributed by atoms with Gasteiger partial charge in [0.25, 0.3) is 5.91 Å². The molecule has 1 heterocycles. The SMILES string of the molecule is Cc1nc(NC(=O)c2cc(N)cc(I)c2)sc1C. The molecule has 0 unspecified atom stereocenters. The van der Waals surface area contributed by atoms with Crippen molar-refractivity contribution in [1.82, 2.24) is 4.98 Å². The molecule has 0 atom stereocenters. The number of nitrogens with one attached hydrogen (secondary N) is 1. The van der Waals surface area contributed by atoms with Gasteiger partial charge in [-0.25, -0.2) is 4.98 Å². The number of amides is 1. The molecule has 6 heteroatoms. The molecule has 2 rings (SSSR count). The Bertz CT molecular complexity index is 570. The van der Waals surface area contributed by atoms with Gasteiger partial charge in [0.1, 0.15) is 0 Å². The number of nitrogen functional groups attached to an aromatic ring is 1. The van der Waals surface area contributed by atoms with Crippen molar-refractivity contribution < 1.29 is 4.79 Å². The minimum Gasteiger partial charge on any atom is -0.399 e. The van der Waals surface area contributed by atoms with E-state index < -0.39 is 0 Å². The number of nitrogens with two attached hydrogens (primary N) is 1. The number of hydrogen-bond donors (Lipinski definition) is 2. The van der Waals surface area contributed by atoms with Gasteiger partial charge in [-0.3, -0.25) is 10.1 Å². The van der Waals surface area contributed by atoms with Crippen molar-refractivity contribution in [1.29, 1.82) is 0 Å². The van der Waals surface area contributed by atoms with Gasteiger partial charge in [-0.05, 0) is 54.6 Å². The van der Waals surface area contributed by atoms with Gasteiger partial charge in [0, 0.05) is 19.7 Å². The summed E-state index contributed by atoms with van der Waals surface area (Å²) in [6.07, 6.45) is 0. The van der Waals surface area contributed by atoms with E-state index in [9.17, 15) is 4.79 Å². The number of aryl methyl sites for hydroxylation is 2. The number of benzene rings is 1. The highest BCUT2D eigenvalue weighted by atomic mass is 127. The normalized spacial score (nSPS) is 10.4. The quantitative estimate of drug-likeness (QED) is 0.628. The maximum atomic E-state index is 12.0. The fourth-order valence-electron chi connectivity index (χ4n) is 1.44. The largest absolute Gasteiger partial charge is 0.399 e. The fraction of sp³-hybridized carbons (Fsp3) is 0.167. The Hall–Kier alpha value is -1.15. The molecule has 0 radical (unpaired) electrons. The summed E-state index contributed by atoms with van der Waals surface area (Å²) in [6.45, 7) is 3.90. The first-order chi connectivity index (χ1) is 8.45. The van der Waals surface area contributed by atoms with Crippen LogP contribution in [-0.4, -0.2) is 10.9 Å². The zero-order valence-electron chi connectivity index (χ0n) is 9.95. The van der Waals surface area contributed by atoms with Crippen LogP contribution in [0.5, 0.6) is 0 Å². The second-order valence-corrected chi connectivity index (χ2v) is 6.34. The molecular formula is C12H12IN3OS. The van der Waals surface area contributed by atoms with Crippen molar-refractivity contribution in [3.63, 3.8) is 0 Å². The predicted molar refractivity (Wildman–Crippen MR) is 83.1 cm³/mol. The minimum atomic E-state index is -0.186. The summed E-state index contributed by atoms with van der Waals surface area (Å²) in [5, 5.41) is 3.40. The molecule has 1 amide bonds. The van der Waals surface area contributed by atoms with Crippen LogP contribution in [-0.2, 0) is 0 Å². The molecule has 1 aromatic heterocycles. The number of carbonyl (C=O) groups excluding carboxylic acids is 1. The van der Waals surface area contributed by atoms with Gasteiger partial charge >= 0.3 is 0 Å². The van der Waals surface area contributed by atoms with Crippen molar-refractivity contribution in [3.8, 4) is 0 Å². The van der Waals surface area contributed by atoms with Crippen molar-refractivity contribution in [3.05, 3.63) is 37.9 Å². The Labute approximate surface area is 123 Å². The minimum absolute atomic E-state index is 0.186. The van der Waals surface area contributed by atoms with E-state index in [4.69, 9.17) is 5.73 Å². The van der Waals surface area contributed by atoms with Crippen LogP contribution in [0.15, 0.2) is 18.2 Å². The molecule has 0 aliphatic heterocycles. The number of halogens is 1. The lowest BCUT2D eigenvalue weighted by Gasteiger charge is -2.03. The Morgan fingerprint density at radius 1 is 1.39 bits per heavy atom. The summed E-state index contributed by atoms with van der Waals surface area (Å²) in [7, 11) is 0. The van der Waals surface area contributed by atoms with Crippen LogP contribution >= 0.6 is 33.9 Å². The van der Waals surface area contributed by atoms with Crippen molar-refractivity contribution in [2.24, 2.45) is 0 Å². The van der Waals surface area contributed by atoms with Crippen molar-refractivity contribution >= 4 is 50.7 Å². The lowest BCUT2D eigenvalue weighted by Crippen LogP contribution is -2.12. The topological polar surface area (TPSA) is 68.0 Å². The third kappa shape index (κ3) is 2.99. The molecule has 0 bridgehead atoms. The van der Waals surface area contributed by atoms with Gasteiger partial charge < -0.3 is 5.73 Å². The highest BCUT2D eigenvalue weighted by Gasteiger charge is 2.11. The average molecular weight is 373 g/mol. The molecule has 94 valence electrons. The van der Waals surface area contributed by atoms with Gasteiger partial charge in [0.2, 0.25) is 0 Å². The number of anilines is 2. The van der Waals surface area contributed by atoms with Gasteiger partial charge in [0.15, 0.2) is 5.13 Å². The molecule has 0 aliphatic carbocycles. The van der Waals surface area contributed by atoms with E-state index in [0.29, 0.717) is 16.4 Å². The second-order valence-electron chi connectivity index (χ2n) is 3.89. The number of rotatable bonds is 2. The summed E-state index contributed by atoms with van der Waals surface area (Å²) in [5.74, 6) is -0.186. The van der Waals surface area contributed by atoms with E-state index in [-0.39, 0.29) is 5.91 Å². The van der Waals surface area contributed by atoms with E-state index in [1.165, 1.54) is 11.3 Å². The molecule has 0 saturated carbocycles. The molecule has 4 nitrogen and oxygen atoms in total. The molecule has 2 aromatic rings. The van der Waals surface area contributed by atoms with Crippen LogP contribution in [0.25, 0.3) is 0 Å². The smallest absolute Gasteiger partial charge is 0.257 e. The molecule has 0 saturated heterocycles. The van der Waals surface area contributed by atoms with Crippen molar-refractivity contribution in [2.45, 2.75) is 13.8 Å². The van der Waals surface area contributed by atoms with E-state index in [1.54, 1.807) is 12.1 Å². The first-order valence-electron chi connectivity index (χ1n) is 5.27. The third-order valence-corrected chi connectivity index (χ3v) is 4.04. The summed E-state index contributed by atoms with van der Waals surface area (Å²) in [6, 6.07) is 5.26. The fourth-order valence-corrected chi connectivity index (χ4v) is 2.94. The van der Waals surface area contributed by atoms with E-state index in [0.717, 1.165) is 14.1 Å². The third-order valence-electron chi connectivity index (χ3n) is 2.43. The summed E-state index contributed by atoms with van der Waals surface area (Å²) in [5.41, 5.74) is 7.79. The monoisotopic (exact) mass is 373 g/mol. The Morgan fingerprint density at radius 3 is 2.67 bits per heavy atom. The zero-order chi connectivity index (χ0) is 13.3. The Morgan fingerprint density at radius 2 is 2.11 bits per heavy atom.